The molecule has 1 aromatic carbocycles. The van der Waals surface area contributed by atoms with Crippen molar-refractivity contribution in [3.05, 3.63) is 42.1 Å². The Kier molecular flexibility index (Phi) is 4.74. The first kappa shape index (κ1) is 13.8. The maximum absolute atomic E-state index is 4.42. The molecule has 0 aliphatic heterocycles. The molecule has 0 aliphatic carbocycles. The summed E-state index contributed by atoms with van der Waals surface area (Å²) in [5.74, 6) is 0. The Bertz CT molecular complexity index is 499. The smallest absolute Gasteiger partial charge is 0.0923 e. The summed E-state index contributed by atoms with van der Waals surface area (Å²) in [6.07, 6.45) is 4.23. The second-order valence-electron chi connectivity index (χ2n) is 5.13. The van der Waals surface area contributed by atoms with Crippen molar-refractivity contribution in [2.24, 2.45) is 7.05 Å². The molecular formula is C16H23N3. The average Bonchev–Trinajstić information content (AvgIpc) is 2.84. The first-order valence-electron chi connectivity index (χ1n) is 7.01. The van der Waals surface area contributed by atoms with Gasteiger partial charge in [-0.25, -0.2) is 0 Å². The number of aryl methyl sites for hydroxylation is 1. The van der Waals surface area contributed by atoms with Gasteiger partial charge in [0.15, 0.2) is 0 Å². The van der Waals surface area contributed by atoms with Crippen LogP contribution < -0.4 is 5.32 Å². The number of hydrogen-bond acceptors (Lipinski definition) is 2. The Hall–Kier alpha value is -1.61. The molecule has 0 amide bonds. The Labute approximate surface area is 115 Å². The molecular weight excluding hydrogens is 234 g/mol. The van der Waals surface area contributed by atoms with Gasteiger partial charge in [-0.15, -0.1) is 0 Å². The van der Waals surface area contributed by atoms with Crippen LogP contribution in [0.15, 0.2) is 36.5 Å². The van der Waals surface area contributed by atoms with Crippen LogP contribution in [0.1, 0.15) is 25.8 Å². The van der Waals surface area contributed by atoms with Gasteiger partial charge >= 0.3 is 0 Å². The van der Waals surface area contributed by atoms with Gasteiger partial charge in [-0.1, -0.05) is 31.2 Å². The minimum atomic E-state index is 0.528. The van der Waals surface area contributed by atoms with Crippen LogP contribution in [0.2, 0.25) is 0 Å². The predicted octanol–water partition coefficient (Wildman–Crippen LogP) is 3.02. The van der Waals surface area contributed by atoms with E-state index in [0.29, 0.717) is 6.04 Å². The highest BCUT2D eigenvalue weighted by Gasteiger charge is 2.04. The maximum Gasteiger partial charge on any atom is 0.0923 e. The molecule has 0 aliphatic rings. The first-order valence-corrected chi connectivity index (χ1v) is 7.01. The molecule has 2 aromatic rings. The van der Waals surface area contributed by atoms with Crippen LogP contribution in [0.25, 0.3) is 11.3 Å². The van der Waals surface area contributed by atoms with Gasteiger partial charge in [-0.2, -0.15) is 5.10 Å². The van der Waals surface area contributed by atoms with Crippen LogP contribution in [0.3, 0.4) is 0 Å². The fraction of sp³-hybridized carbons (Fsp3) is 0.438. The van der Waals surface area contributed by atoms with Crippen molar-refractivity contribution < 1.29 is 0 Å². The monoisotopic (exact) mass is 257 g/mol. The number of nitrogens with zero attached hydrogens (tertiary/aromatic N) is 2. The zero-order chi connectivity index (χ0) is 13.7. The van der Waals surface area contributed by atoms with E-state index in [4.69, 9.17) is 0 Å². The molecule has 1 atom stereocenters. The maximum atomic E-state index is 4.42. The number of hydrogen-bond donors (Lipinski definition) is 1. The van der Waals surface area contributed by atoms with Crippen LogP contribution >= 0.6 is 0 Å². The van der Waals surface area contributed by atoms with E-state index < -0.39 is 0 Å². The fourth-order valence-electron chi connectivity index (χ4n) is 2.20. The number of rotatable bonds is 6. The molecule has 0 saturated heterocycles. The lowest BCUT2D eigenvalue weighted by Gasteiger charge is -2.13. The molecule has 0 radical (unpaired) electrons. The van der Waals surface area contributed by atoms with Gasteiger partial charge in [0.25, 0.3) is 0 Å². The Morgan fingerprint density at radius 1 is 1.21 bits per heavy atom. The van der Waals surface area contributed by atoms with Gasteiger partial charge in [0.2, 0.25) is 0 Å². The summed E-state index contributed by atoms with van der Waals surface area (Å²) < 4.78 is 1.83. The second-order valence-corrected chi connectivity index (χ2v) is 5.13. The molecule has 3 nitrogen and oxygen atoms in total. The average molecular weight is 257 g/mol. The van der Waals surface area contributed by atoms with E-state index in [2.05, 4.69) is 48.5 Å². The van der Waals surface area contributed by atoms with Crippen LogP contribution in [-0.2, 0) is 13.5 Å². The van der Waals surface area contributed by atoms with Crippen molar-refractivity contribution in [2.75, 3.05) is 6.54 Å². The minimum Gasteiger partial charge on any atom is -0.314 e. The topological polar surface area (TPSA) is 29.9 Å². The fourth-order valence-corrected chi connectivity index (χ4v) is 2.20. The zero-order valence-electron chi connectivity index (χ0n) is 12.1. The van der Waals surface area contributed by atoms with Crippen molar-refractivity contribution in [1.29, 1.82) is 0 Å². The van der Waals surface area contributed by atoms with E-state index >= 15 is 0 Å². The Balaban J connectivity index is 1.98. The summed E-state index contributed by atoms with van der Waals surface area (Å²) in [4.78, 5) is 0. The minimum absolute atomic E-state index is 0.528. The van der Waals surface area contributed by atoms with Gasteiger partial charge in [-0.05, 0) is 37.9 Å². The summed E-state index contributed by atoms with van der Waals surface area (Å²) in [5.41, 5.74) is 3.58. The van der Waals surface area contributed by atoms with Gasteiger partial charge in [0.05, 0.1) is 5.69 Å². The molecule has 1 heterocycles. The van der Waals surface area contributed by atoms with E-state index in [1.165, 1.54) is 17.5 Å². The highest BCUT2D eigenvalue weighted by molar-refractivity contribution is 5.58. The lowest BCUT2D eigenvalue weighted by Crippen LogP contribution is -2.28. The summed E-state index contributed by atoms with van der Waals surface area (Å²) in [6, 6.07) is 11.3. The molecule has 2 rings (SSSR count). The number of benzene rings is 1. The van der Waals surface area contributed by atoms with Gasteiger partial charge in [0, 0.05) is 24.8 Å². The lowest BCUT2D eigenvalue weighted by molar-refractivity contribution is 0.543. The predicted molar refractivity (Wildman–Crippen MR) is 80.1 cm³/mol. The molecule has 102 valence electrons. The molecule has 3 heteroatoms. The quantitative estimate of drug-likeness (QED) is 0.862. The molecule has 1 N–H and O–H groups in total. The summed E-state index contributed by atoms with van der Waals surface area (Å²) in [6.45, 7) is 5.52. The third-order valence-electron chi connectivity index (χ3n) is 3.25. The largest absolute Gasteiger partial charge is 0.314 e. The van der Waals surface area contributed by atoms with Gasteiger partial charge in [-0.3, -0.25) is 4.68 Å². The van der Waals surface area contributed by atoms with Crippen LogP contribution in [-0.4, -0.2) is 22.4 Å². The van der Waals surface area contributed by atoms with Gasteiger partial charge < -0.3 is 5.32 Å². The van der Waals surface area contributed by atoms with Crippen LogP contribution in [0, 0.1) is 0 Å². The zero-order valence-corrected chi connectivity index (χ0v) is 12.1. The molecule has 1 unspecified atom stereocenters. The lowest BCUT2D eigenvalue weighted by atomic mass is 10.0. The van der Waals surface area contributed by atoms with Crippen LogP contribution in [0.4, 0.5) is 0 Å². The Morgan fingerprint density at radius 3 is 2.53 bits per heavy atom. The molecule has 0 bridgehead atoms. The van der Waals surface area contributed by atoms with E-state index in [1.807, 2.05) is 24.0 Å². The molecule has 0 saturated carbocycles. The normalized spacial score (nSPS) is 12.6. The van der Waals surface area contributed by atoms with E-state index in [0.717, 1.165) is 18.7 Å². The summed E-state index contributed by atoms with van der Waals surface area (Å²) >= 11 is 0. The van der Waals surface area contributed by atoms with Crippen molar-refractivity contribution in [3.63, 3.8) is 0 Å². The number of nitrogens with one attached hydrogen (secondary N) is 1. The molecule has 19 heavy (non-hydrogen) atoms. The first-order chi connectivity index (χ1) is 9.19. The Morgan fingerprint density at radius 2 is 1.95 bits per heavy atom. The third kappa shape index (κ3) is 3.93. The standard InChI is InChI=1S/C16H23N3/c1-4-10-17-13(2)12-14-5-7-15(8-6-14)16-9-11-19(3)18-16/h5-9,11,13,17H,4,10,12H2,1-3H3. The van der Waals surface area contributed by atoms with E-state index in [1.54, 1.807) is 0 Å². The molecule has 0 fully saturated rings. The highest BCUT2D eigenvalue weighted by Crippen LogP contribution is 2.17. The van der Waals surface area contributed by atoms with Crippen molar-refractivity contribution >= 4 is 0 Å². The highest BCUT2D eigenvalue weighted by atomic mass is 15.2. The van der Waals surface area contributed by atoms with Gasteiger partial charge in [0.1, 0.15) is 0 Å². The summed E-state index contributed by atoms with van der Waals surface area (Å²) in [7, 11) is 1.94. The van der Waals surface area contributed by atoms with E-state index in [-0.39, 0.29) is 0 Å². The van der Waals surface area contributed by atoms with Crippen molar-refractivity contribution in [1.82, 2.24) is 15.1 Å². The van der Waals surface area contributed by atoms with Crippen molar-refractivity contribution in [3.8, 4) is 11.3 Å². The van der Waals surface area contributed by atoms with Crippen molar-refractivity contribution in [2.45, 2.75) is 32.7 Å². The summed E-state index contributed by atoms with van der Waals surface area (Å²) in [5, 5.41) is 7.93. The third-order valence-corrected chi connectivity index (χ3v) is 3.25. The second kappa shape index (κ2) is 6.53. The van der Waals surface area contributed by atoms with E-state index in [9.17, 15) is 0 Å². The van der Waals surface area contributed by atoms with Crippen LogP contribution in [0.5, 0.6) is 0 Å². The SMILES string of the molecule is CCCNC(C)Cc1ccc(-c2ccn(C)n2)cc1. The number of aromatic nitrogens is 2. The molecule has 0 spiro atoms. The molecule has 1 aromatic heterocycles.